The van der Waals surface area contributed by atoms with Crippen LogP contribution in [0.3, 0.4) is 0 Å². The van der Waals surface area contributed by atoms with Gasteiger partial charge in [0.2, 0.25) is 5.91 Å². The van der Waals surface area contributed by atoms with Gasteiger partial charge in [-0.2, -0.15) is 0 Å². The number of nitrogens with zero attached hydrogens (tertiary/aromatic N) is 2. The molecule has 0 aliphatic carbocycles. The molecule has 0 aliphatic rings. The Morgan fingerprint density at radius 2 is 2.35 bits per heavy atom. The molecule has 0 saturated carbocycles. The Morgan fingerprint density at radius 1 is 1.60 bits per heavy atom. The maximum Gasteiger partial charge on any atom is 0.239 e. The molecule has 0 radical (unpaired) electrons. The molecule has 0 fully saturated rings. The maximum atomic E-state index is 11.9. The molecule has 6 nitrogen and oxygen atoms in total. The van der Waals surface area contributed by atoms with Gasteiger partial charge in [-0.05, 0) is 18.6 Å². The molecule has 7 heteroatoms. The van der Waals surface area contributed by atoms with Gasteiger partial charge in [-0.1, -0.05) is 11.6 Å². The van der Waals surface area contributed by atoms with Crippen LogP contribution >= 0.6 is 11.6 Å². The Hall–Kier alpha value is -1.37. The number of rotatable bonds is 8. The van der Waals surface area contributed by atoms with E-state index in [0.29, 0.717) is 23.9 Å². The van der Waals surface area contributed by atoms with Crippen LogP contribution in [0.4, 0.5) is 5.82 Å². The van der Waals surface area contributed by atoms with E-state index in [0.717, 1.165) is 0 Å². The first kappa shape index (κ1) is 16.7. The zero-order valence-electron chi connectivity index (χ0n) is 11.7. The number of hydrogen-bond donors (Lipinski definition) is 2. The summed E-state index contributed by atoms with van der Waals surface area (Å²) in [5, 5.41) is 12.3. The zero-order chi connectivity index (χ0) is 15.0. The van der Waals surface area contributed by atoms with E-state index in [1.807, 2.05) is 0 Å². The predicted octanol–water partition coefficient (Wildman–Crippen LogP) is 0.685. The smallest absolute Gasteiger partial charge is 0.239 e. The molecule has 112 valence electrons. The number of halogens is 1. The number of ether oxygens (including phenoxy) is 1. The highest BCUT2D eigenvalue weighted by molar-refractivity contribution is 6.30. The van der Waals surface area contributed by atoms with Crippen LogP contribution in [-0.4, -0.2) is 56.0 Å². The maximum absolute atomic E-state index is 11.9. The zero-order valence-corrected chi connectivity index (χ0v) is 12.4. The predicted molar refractivity (Wildman–Crippen MR) is 78.0 cm³/mol. The van der Waals surface area contributed by atoms with Gasteiger partial charge in [0, 0.05) is 27.0 Å². The Morgan fingerprint density at radius 3 is 2.90 bits per heavy atom. The molecule has 20 heavy (non-hydrogen) atoms. The minimum absolute atomic E-state index is 0.00286. The van der Waals surface area contributed by atoms with Crippen LogP contribution < -0.4 is 10.2 Å². The lowest BCUT2D eigenvalue weighted by Gasteiger charge is -2.21. The number of methoxy groups -OCH3 is 1. The minimum atomic E-state index is -0.191. The van der Waals surface area contributed by atoms with Gasteiger partial charge in [0.15, 0.2) is 0 Å². The fraction of sp³-hybridized carbons (Fsp3) is 0.538. The summed E-state index contributed by atoms with van der Waals surface area (Å²) in [4.78, 5) is 17.8. The topological polar surface area (TPSA) is 74.7 Å². The van der Waals surface area contributed by atoms with Crippen molar-refractivity contribution >= 4 is 23.3 Å². The number of likely N-dealkylation sites (N-methyl/N-ethyl adjacent to an activating group) is 1. The lowest BCUT2D eigenvalue weighted by Crippen LogP contribution is -2.43. The Labute approximate surface area is 123 Å². The van der Waals surface area contributed by atoms with Crippen LogP contribution in [0.5, 0.6) is 0 Å². The molecular weight excluding hydrogens is 282 g/mol. The third-order valence-corrected chi connectivity index (χ3v) is 2.92. The van der Waals surface area contributed by atoms with Crippen molar-refractivity contribution in [2.45, 2.75) is 12.5 Å². The van der Waals surface area contributed by atoms with Crippen LogP contribution in [0.1, 0.15) is 6.42 Å². The van der Waals surface area contributed by atoms with Crippen molar-refractivity contribution in [3.8, 4) is 0 Å². The summed E-state index contributed by atoms with van der Waals surface area (Å²) in [7, 11) is 3.33. The molecule has 1 amide bonds. The molecule has 0 bridgehead atoms. The summed E-state index contributed by atoms with van der Waals surface area (Å²) in [6.07, 6.45) is 1.99. The first-order chi connectivity index (χ1) is 9.56. The second kappa shape index (κ2) is 8.73. The molecule has 0 spiro atoms. The van der Waals surface area contributed by atoms with Crippen molar-refractivity contribution in [1.82, 2.24) is 10.3 Å². The van der Waals surface area contributed by atoms with Gasteiger partial charge >= 0.3 is 0 Å². The number of nitrogens with one attached hydrogen (secondary N) is 1. The van der Waals surface area contributed by atoms with Gasteiger partial charge < -0.3 is 20.1 Å². The molecule has 0 aliphatic heterocycles. The second-order valence-electron chi connectivity index (χ2n) is 4.42. The van der Waals surface area contributed by atoms with E-state index in [2.05, 4.69) is 10.3 Å². The molecule has 1 rings (SSSR count). The van der Waals surface area contributed by atoms with Crippen LogP contribution in [0.2, 0.25) is 5.02 Å². The van der Waals surface area contributed by atoms with Crippen molar-refractivity contribution < 1.29 is 14.6 Å². The van der Waals surface area contributed by atoms with Crippen molar-refractivity contribution in [2.24, 2.45) is 0 Å². The number of aliphatic hydroxyl groups is 1. The normalized spacial score (nSPS) is 12.0. The molecule has 0 aromatic carbocycles. The van der Waals surface area contributed by atoms with E-state index in [-0.39, 0.29) is 25.1 Å². The van der Waals surface area contributed by atoms with E-state index in [4.69, 9.17) is 21.4 Å². The van der Waals surface area contributed by atoms with Crippen molar-refractivity contribution in [2.75, 3.05) is 38.8 Å². The Balaban J connectivity index is 2.49. The van der Waals surface area contributed by atoms with E-state index in [1.54, 1.807) is 31.2 Å². The largest absolute Gasteiger partial charge is 0.396 e. The highest BCUT2D eigenvalue weighted by atomic mass is 35.5. The number of anilines is 1. The van der Waals surface area contributed by atoms with Crippen LogP contribution in [0, 0.1) is 0 Å². The monoisotopic (exact) mass is 301 g/mol. The summed E-state index contributed by atoms with van der Waals surface area (Å²) in [6, 6.07) is 3.28. The van der Waals surface area contributed by atoms with Crippen molar-refractivity contribution in [1.29, 1.82) is 0 Å². The van der Waals surface area contributed by atoms with E-state index >= 15 is 0 Å². The lowest BCUT2D eigenvalue weighted by molar-refractivity contribution is -0.120. The number of carbonyl (C=O) groups is 1. The molecule has 1 unspecified atom stereocenters. The molecule has 2 N–H and O–H groups in total. The highest BCUT2D eigenvalue weighted by Crippen LogP contribution is 2.12. The molecule has 1 heterocycles. The van der Waals surface area contributed by atoms with Crippen molar-refractivity contribution in [3.63, 3.8) is 0 Å². The average molecular weight is 302 g/mol. The fourth-order valence-electron chi connectivity index (χ4n) is 1.72. The Bertz CT molecular complexity index is 408. The summed E-state index contributed by atoms with van der Waals surface area (Å²) in [5.41, 5.74) is 0. The number of aromatic nitrogens is 1. The third kappa shape index (κ3) is 5.73. The minimum Gasteiger partial charge on any atom is -0.396 e. The molecule has 0 saturated heterocycles. The summed E-state index contributed by atoms with van der Waals surface area (Å²) in [5.74, 6) is 0.509. The van der Waals surface area contributed by atoms with Gasteiger partial charge in [-0.3, -0.25) is 4.79 Å². The van der Waals surface area contributed by atoms with Gasteiger partial charge in [0.25, 0.3) is 0 Å². The van der Waals surface area contributed by atoms with Crippen LogP contribution in [0.15, 0.2) is 18.3 Å². The number of carbonyl (C=O) groups excluding carboxylic acids is 1. The fourth-order valence-corrected chi connectivity index (χ4v) is 1.83. The number of hydrogen-bond acceptors (Lipinski definition) is 5. The molecule has 1 aromatic rings. The number of pyridine rings is 1. The highest BCUT2D eigenvalue weighted by Gasteiger charge is 2.14. The average Bonchev–Trinajstić information content (AvgIpc) is 2.39. The van der Waals surface area contributed by atoms with Gasteiger partial charge in [-0.15, -0.1) is 0 Å². The number of aliphatic hydroxyl groups excluding tert-OH is 1. The van der Waals surface area contributed by atoms with Gasteiger partial charge in [0.05, 0.1) is 24.2 Å². The number of amides is 1. The summed E-state index contributed by atoms with van der Waals surface area (Å²) in [6.45, 7) is 0.540. The molecule has 1 aromatic heterocycles. The molecular formula is C13H20ClN3O3. The van der Waals surface area contributed by atoms with Crippen LogP contribution in [-0.2, 0) is 9.53 Å². The Kier molecular flexibility index (Phi) is 7.28. The first-order valence-electron chi connectivity index (χ1n) is 6.28. The standard InChI is InChI=1S/C13H20ClN3O3/c1-17(12-4-3-10(14)7-15-12)8-13(19)16-11(5-6-18)9-20-2/h3-4,7,11,18H,5-6,8-9H2,1-2H3,(H,16,19). The quantitative estimate of drug-likeness (QED) is 0.739. The van der Waals surface area contributed by atoms with Gasteiger partial charge in [-0.25, -0.2) is 4.98 Å². The lowest BCUT2D eigenvalue weighted by atomic mass is 10.2. The van der Waals surface area contributed by atoms with E-state index < -0.39 is 0 Å². The van der Waals surface area contributed by atoms with E-state index in [1.165, 1.54) is 6.20 Å². The van der Waals surface area contributed by atoms with Crippen molar-refractivity contribution in [3.05, 3.63) is 23.4 Å². The molecule has 1 atom stereocenters. The summed E-state index contributed by atoms with van der Waals surface area (Å²) >= 11 is 5.76. The van der Waals surface area contributed by atoms with E-state index in [9.17, 15) is 4.79 Å². The van der Waals surface area contributed by atoms with Gasteiger partial charge in [0.1, 0.15) is 5.82 Å². The second-order valence-corrected chi connectivity index (χ2v) is 4.86. The summed E-state index contributed by atoms with van der Waals surface area (Å²) < 4.78 is 4.99. The SMILES string of the molecule is COCC(CCO)NC(=O)CN(C)c1ccc(Cl)cn1. The third-order valence-electron chi connectivity index (χ3n) is 2.69. The first-order valence-corrected chi connectivity index (χ1v) is 6.66. The van der Waals surface area contributed by atoms with Crippen LogP contribution in [0.25, 0.3) is 0 Å².